The van der Waals surface area contributed by atoms with Crippen LogP contribution in [0.3, 0.4) is 0 Å². The van der Waals surface area contributed by atoms with Gasteiger partial charge in [0.15, 0.2) is 0 Å². The molecular weight excluding hydrogens is 268 g/mol. The smallest absolute Gasteiger partial charge is 0.309 e. The van der Waals surface area contributed by atoms with Gasteiger partial charge in [-0.1, -0.05) is 0 Å². The predicted molar refractivity (Wildman–Crippen MR) is 65.9 cm³/mol. The van der Waals surface area contributed by atoms with Crippen LogP contribution in [0.25, 0.3) is 0 Å². The molecule has 2 aliphatic rings. The van der Waals surface area contributed by atoms with Crippen LogP contribution in [0.2, 0.25) is 0 Å². The van der Waals surface area contributed by atoms with E-state index in [1.165, 1.54) is 4.90 Å². The third kappa shape index (κ3) is 2.91. The summed E-state index contributed by atoms with van der Waals surface area (Å²) in [7, 11) is 0. The van der Waals surface area contributed by atoms with Crippen molar-refractivity contribution >= 4 is 17.8 Å². The van der Waals surface area contributed by atoms with Crippen LogP contribution in [-0.4, -0.2) is 69.8 Å². The maximum Gasteiger partial charge on any atom is 0.309 e. The summed E-state index contributed by atoms with van der Waals surface area (Å²) in [5.41, 5.74) is 0. The number of amides is 1. The highest BCUT2D eigenvalue weighted by Crippen LogP contribution is 2.25. The molecule has 0 aromatic carbocycles. The first-order valence-corrected chi connectivity index (χ1v) is 6.56. The van der Waals surface area contributed by atoms with E-state index < -0.39 is 35.9 Å². The lowest BCUT2D eigenvalue weighted by Crippen LogP contribution is -2.52. The van der Waals surface area contributed by atoms with Crippen LogP contribution >= 0.6 is 0 Å². The number of carboxylic acid groups (broad SMARTS) is 2. The van der Waals surface area contributed by atoms with E-state index in [-0.39, 0.29) is 25.4 Å². The molecule has 2 heterocycles. The highest BCUT2D eigenvalue weighted by molar-refractivity contribution is 5.85. The maximum atomic E-state index is 12.2. The highest BCUT2D eigenvalue weighted by atomic mass is 16.4. The van der Waals surface area contributed by atoms with Gasteiger partial charge in [-0.2, -0.15) is 0 Å². The van der Waals surface area contributed by atoms with Crippen molar-refractivity contribution in [2.24, 2.45) is 11.8 Å². The van der Waals surface area contributed by atoms with Crippen molar-refractivity contribution < 1.29 is 29.7 Å². The molecule has 0 aliphatic carbocycles. The topological polar surface area (TPSA) is 127 Å². The lowest BCUT2D eigenvalue weighted by Gasteiger charge is -2.35. The SMILES string of the molecule is O=C(O)C1CCN(C(=O)C2CC(O)CN2)CC1C(=O)O. The molecule has 4 unspecified atom stereocenters. The zero-order valence-electron chi connectivity index (χ0n) is 10.9. The molecule has 8 heteroatoms. The molecule has 0 radical (unpaired) electrons. The number of hydrogen-bond donors (Lipinski definition) is 4. The summed E-state index contributed by atoms with van der Waals surface area (Å²) in [6.45, 7) is 0.470. The zero-order valence-corrected chi connectivity index (χ0v) is 10.9. The van der Waals surface area contributed by atoms with Crippen LogP contribution in [-0.2, 0) is 14.4 Å². The quantitative estimate of drug-likeness (QED) is 0.489. The molecule has 20 heavy (non-hydrogen) atoms. The van der Waals surface area contributed by atoms with Gasteiger partial charge in [-0.15, -0.1) is 0 Å². The van der Waals surface area contributed by atoms with E-state index in [4.69, 9.17) is 10.2 Å². The number of carbonyl (C=O) groups excluding carboxylic acids is 1. The molecule has 0 spiro atoms. The van der Waals surface area contributed by atoms with E-state index in [9.17, 15) is 19.5 Å². The van der Waals surface area contributed by atoms with Crippen molar-refractivity contribution in [1.29, 1.82) is 0 Å². The molecule has 0 bridgehead atoms. The molecule has 2 rings (SSSR count). The summed E-state index contributed by atoms with van der Waals surface area (Å²) in [5.74, 6) is -4.65. The van der Waals surface area contributed by atoms with Gasteiger partial charge in [0.25, 0.3) is 0 Å². The van der Waals surface area contributed by atoms with Crippen molar-refractivity contribution in [3.63, 3.8) is 0 Å². The lowest BCUT2D eigenvalue weighted by atomic mass is 9.85. The number of aliphatic hydroxyl groups is 1. The second kappa shape index (κ2) is 5.76. The van der Waals surface area contributed by atoms with Crippen LogP contribution in [0.1, 0.15) is 12.8 Å². The molecule has 112 valence electrons. The van der Waals surface area contributed by atoms with Crippen LogP contribution in [0.15, 0.2) is 0 Å². The fraction of sp³-hybridized carbons (Fsp3) is 0.750. The Bertz CT molecular complexity index is 426. The average Bonchev–Trinajstić information content (AvgIpc) is 2.83. The Balaban J connectivity index is 2.03. The minimum Gasteiger partial charge on any atom is -0.481 e. The van der Waals surface area contributed by atoms with E-state index in [1.54, 1.807) is 0 Å². The molecule has 4 N–H and O–H groups in total. The number of carboxylic acids is 2. The van der Waals surface area contributed by atoms with E-state index >= 15 is 0 Å². The Morgan fingerprint density at radius 3 is 2.25 bits per heavy atom. The van der Waals surface area contributed by atoms with Crippen LogP contribution < -0.4 is 5.32 Å². The van der Waals surface area contributed by atoms with Crippen molar-refractivity contribution in [1.82, 2.24) is 10.2 Å². The third-order valence-corrected chi connectivity index (χ3v) is 3.96. The number of hydrogen-bond acceptors (Lipinski definition) is 5. The number of nitrogens with zero attached hydrogens (tertiary/aromatic N) is 1. The first-order valence-electron chi connectivity index (χ1n) is 6.56. The second-order valence-electron chi connectivity index (χ2n) is 5.31. The number of aliphatic hydroxyl groups excluding tert-OH is 1. The molecule has 0 aromatic heterocycles. The monoisotopic (exact) mass is 286 g/mol. The van der Waals surface area contributed by atoms with Crippen molar-refractivity contribution in [3.05, 3.63) is 0 Å². The highest BCUT2D eigenvalue weighted by Gasteiger charge is 2.42. The second-order valence-corrected chi connectivity index (χ2v) is 5.31. The van der Waals surface area contributed by atoms with Crippen molar-refractivity contribution in [2.45, 2.75) is 25.0 Å². The predicted octanol–water partition coefficient (Wildman–Crippen LogP) is -1.66. The Morgan fingerprint density at radius 1 is 1.10 bits per heavy atom. The minimum atomic E-state index is -1.20. The van der Waals surface area contributed by atoms with E-state index in [2.05, 4.69) is 5.32 Å². The van der Waals surface area contributed by atoms with Crippen LogP contribution in [0.5, 0.6) is 0 Å². The van der Waals surface area contributed by atoms with Gasteiger partial charge in [0.1, 0.15) is 0 Å². The maximum absolute atomic E-state index is 12.2. The summed E-state index contributed by atoms with van der Waals surface area (Å²) in [4.78, 5) is 35.8. The first-order chi connectivity index (χ1) is 9.40. The van der Waals surface area contributed by atoms with Crippen LogP contribution in [0, 0.1) is 11.8 Å². The van der Waals surface area contributed by atoms with Gasteiger partial charge >= 0.3 is 11.9 Å². The molecule has 1 amide bonds. The van der Waals surface area contributed by atoms with Gasteiger partial charge in [-0.05, 0) is 12.8 Å². The Kier molecular flexibility index (Phi) is 4.24. The average molecular weight is 286 g/mol. The van der Waals surface area contributed by atoms with Crippen molar-refractivity contribution in [3.8, 4) is 0 Å². The Labute approximate surface area is 115 Å². The molecule has 2 saturated heterocycles. The first kappa shape index (κ1) is 14.7. The standard InChI is InChI=1S/C12H18N2O6/c15-6-3-9(13-4-6)10(16)14-2-1-7(11(17)18)8(5-14)12(19)20/h6-9,13,15H,1-5H2,(H,17,18)(H,19,20). The number of rotatable bonds is 3. The molecular formula is C12H18N2O6. The molecule has 8 nitrogen and oxygen atoms in total. The molecule has 2 fully saturated rings. The van der Waals surface area contributed by atoms with Gasteiger partial charge in [0.05, 0.1) is 24.0 Å². The summed E-state index contributed by atoms with van der Waals surface area (Å²) in [6.07, 6.45) is -0.140. The van der Waals surface area contributed by atoms with Gasteiger partial charge in [0.2, 0.25) is 5.91 Å². The normalized spacial score (nSPS) is 34.0. The summed E-state index contributed by atoms with van der Waals surface area (Å²) in [5, 5.41) is 30.4. The number of piperidine rings is 1. The van der Waals surface area contributed by atoms with Gasteiger partial charge in [-0.3, -0.25) is 14.4 Å². The summed E-state index contributed by atoms with van der Waals surface area (Å²) < 4.78 is 0. The minimum absolute atomic E-state index is 0.0978. The summed E-state index contributed by atoms with van der Waals surface area (Å²) >= 11 is 0. The lowest BCUT2D eigenvalue weighted by molar-refractivity contribution is -0.159. The number of likely N-dealkylation sites (tertiary alicyclic amines) is 1. The van der Waals surface area contributed by atoms with E-state index in [0.717, 1.165) is 0 Å². The fourth-order valence-electron chi connectivity index (χ4n) is 2.82. The number of nitrogens with one attached hydrogen (secondary N) is 1. The zero-order chi connectivity index (χ0) is 14.9. The Hall–Kier alpha value is -1.67. The number of aliphatic carboxylic acids is 2. The van der Waals surface area contributed by atoms with Gasteiger partial charge < -0.3 is 25.5 Å². The Morgan fingerprint density at radius 2 is 1.75 bits per heavy atom. The van der Waals surface area contributed by atoms with Gasteiger partial charge in [-0.25, -0.2) is 0 Å². The number of β-amino-alcohol motifs (C(OH)–C–C–N with tert-alkyl or cyclic N) is 1. The molecule has 0 saturated carbocycles. The fourth-order valence-corrected chi connectivity index (χ4v) is 2.82. The number of carbonyl (C=O) groups is 3. The van der Waals surface area contributed by atoms with Crippen LogP contribution in [0.4, 0.5) is 0 Å². The largest absolute Gasteiger partial charge is 0.481 e. The van der Waals surface area contributed by atoms with E-state index in [0.29, 0.717) is 13.0 Å². The van der Waals surface area contributed by atoms with Gasteiger partial charge in [0, 0.05) is 19.6 Å². The molecule has 0 aromatic rings. The summed E-state index contributed by atoms with van der Waals surface area (Å²) in [6, 6.07) is -0.513. The molecule has 2 aliphatic heterocycles. The molecule has 4 atom stereocenters. The van der Waals surface area contributed by atoms with Crippen molar-refractivity contribution in [2.75, 3.05) is 19.6 Å². The third-order valence-electron chi connectivity index (χ3n) is 3.96. The van der Waals surface area contributed by atoms with E-state index in [1.807, 2.05) is 0 Å².